The van der Waals surface area contributed by atoms with Gasteiger partial charge in [-0.1, -0.05) is 25.7 Å². The SMILES string of the molecule is NCC1(C(=O)NC2CC2)CCCCCC1. The zero-order valence-electron chi connectivity index (χ0n) is 9.43. The van der Waals surface area contributed by atoms with Gasteiger partial charge in [0, 0.05) is 12.6 Å². The molecule has 2 fully saturated rings. The minimum absolute atomic E-state index is 0.231. The van der Waals surface area contributed by atoms with Gasteiger partial charge in [0.25, 0.3) is 0 Å². The van der Waals surface area contributed by atoms with Crippen LogP contribution in [0.1, 0.15) is 51.4 Å². The van der Waals surface area contributed by atoms with Crippen molar-refractivity contribution in [2.24, 2.45) is 11.1 Å². The first-order chi connectivity index (χ1) is 7.27. The van der Waals surface area contributed by atoms with Gasteiger partial charge >= 0.3 is 0 Å². The third kappa shape index (κ3) is 2.51. The van der Waals surface area contributed by atoms with Crippen molar-refractivity contribution in [3.63, 3.8) is 0 Å². The summed E-state index contributed by atoms with van der Waals surface area (Å²) in [6.07, 6.45) is 9.14. The van der Waals surface area contributed by atoms with Crippen LogP contribution in [0.2, 0.25) is 0 Å². The summed E-state index contributed by atoms with van der Waals surface area (Å²) in [7, 11) is 0. The number of hydrogen-bond acceptors (Lipinski definition) is 2. The second-order valence-electron chi connectivity index (χ2n) is 5.15. The van der Waals surface area contributed by atoms with Crippen molar-refractivity contribution >= 4 is 5.91 Å². The van der Waals surface area contributed by atoms with Gasteiger partial charge in [-0.25, -0.2) is 0 Å². The molecule has 86 valence electrons. The molecule has 0 spiro atoms. The van der Waals surface area contributed by atoms with E-state index in [4.69, 9.17) is 5.73 Å². The van der Waals surface area contributed by atoms with Crippen molar-refractivity contribution in [3.05, 3.63) is 0 Å². The molecule has 2 aliphatic rings. The normalized spacial score (nSPS) is 25.7. The molecule has 0 heterocycles. The zero-order valence-corrected chi connectivity index (χ0v) is 9.43. The molecule has 3 N–H and O–H groups in total. The molecule has 2 rings (SSSR count). The molecule has 0 saturated heterocycles. The second-order valence-corrected chi connectivity index (χ2v) is 5.15. The van der Waals surface area contributed by atoms with Crippen molar-refractivity contribution in [1.82, 2.24) is 5.32 Å². The summed E-state index contributed by atoms with van der Waals surface area (Å²) in [5, 5.41) is 3.12. The van der Waals surface area contributed by atoms with Crippen LogP contribution in [0, 0.1) is 5.41 Å². The van der Waals surface area contributed by atoms with Gasteiger partial charge in [0.2, 0.25) is 5.91 Å². The Labute approximate surface area is 91.8 Å². The predicted octanol–water partition coefficient (Wildman–Crippen LogP) is 1.56. The third-order valence-electron chi connectivity index (χ3n) is 3.85. The van der Waals surface area contributed by atoms with Gasteiger partial charge in [-0.3, -0.25) is 4.79 Å². The molecule has 0 aliphatic heterocycles. The smallest absolute Gasteiger partial charge is 0.227 e. The number of carbonyl (C=O) groups excluding carboxylic acids is 1. The maximum absolute atomic E-state index is 12.2. The molecule has 0 atom stereocenters. The topological polar surface area (TPSA) is 55.1 Å². The highest BCUT2D eigenvalue weighted by atomic mass is 16.2. The molecule has 2 aliphatic carbocycles. The maximum atomic E-state index is 12.2. The maximum Gasteiger partial charge on any atom is 0.227 e. The Balaban J connectivity index is 1.99. The highest BCUT2D eigenvalue weighted by molar-refractivity contribution is 5.83. The fourth-order valence-corrected chi connectivity index (χ4v) is 2.50. The molecule has 0 aromatic heterocycles. The fourth-order valence-electron chi connectivity index (χ4n) is 2.50. The molecule has 3 nitrogen and oxygen atoms in total. The van der Waals surface area contributed by atoms with E-state index in [0.717, 1.165) is 38.5 Å². The van der Waals surface area contributed by atoms with Crippen LogP contribution in [0.5, 0.6) is 0 Å². The van der Waals surface area contributed by atoms with Gasteiger partial charge in [-0.2, -0.15) is 0 Å². The lowest BCUT2D eigenvalue weighted by Crippen LogP contribution is -2.46. The Morgan fingerprint density at radius 1 is 1.20 bits per heavy atom. The molecule has 0 aromatic carbocycles. The van der Waals surface area contributed by atoms with E-state index in [0.29, 0.717) is 12.6 Å². The molecule has 0 aromatic rings. The van der Waals surface area contributed by atoms with E-state index in [1.165, 1.54) is 12.8 Å². The molecule has 0 radical (unpaired) electrons. The first-order valence-electron chi connectivity index (χ1n) is 6.28. The standard InChI is InChI=1S/C12H22N2O/c13-9-12(7-3-1-2-4-8-12)11(15)14-10-5-6-10/h10H,1-9,13H2,(H,14,15). The average Bonchev–Trinajstić information content (AvgIpc) is 3.03. The van der Waals surface area contributed by atoms with Crippen LogP contribution < -0.4 is 11.1 Å². The molecule has 2 saturated carbocycles. The van der Waals surface area contributed by atoms with E-state index in [1.54, 1.807) is 0 Å². The fraction of sp³-hybridized carbons (Fsp3) is 0.917. The number of rotatable bonds is 3. The van der Waals surface area contributed by atoms with Crippen LogP contribution >= 0.6 is 0 Å². The number of carbonyl (C=O) groups is 1. The Kier molecular flexibility index (Phi) is 3.29. The van der Waals surface area contributed by atoms with Crippen LogP contribution in [-0.4, -0.2) is 18.5 Å². The van der Waals surface area contributed by atoms with Crippen LogP contribution in [0.15, 0.2) is 0 Å². The molecule has 1 amide bonds. The van der Waals surface area contributed by atoms with Crippen molar-refractivity contribution in [2.45, 2.75) is 57.4 Å². The summed E-state index contributed by atoms with van der Waals surface area (Å²) < 4.78 is 0. The monoisotopic (exact) mass is 210 g/mol. The Hall–Kier alpha value is -0.570. The van der Waals surface area contributed by atoms with E-state index in [9.17, 15) is 4.79 Å². The average molecular weight is 210 g/mol. The van der Waals surface area contributed by atoms with Crippen molar-refractivity contribution in [3.8, 4) is 0 Å². The largest absolute Gasteiger partial charge is 0.353 e. The van der Waals surface area contributed by atoms with Gasteiger partial charge in [-0.05, 0) is 25.7 Å². The predicted molar refractivity (Wildman–Crippen MR) is 60.4 cm³/mol. The van der Waals surface area contributed by atoms with Crippen molar-refractivity contribution in [2.75, 3.05) is 6.54 Å². The summed E-state index contributed by atoms with van der Waals surface area (Å²) >= 11 is 0. The second kappa shape index (κ2) is 4.52. The molecule has 0 bridgehead atoms. The molecule has 15 heavy (non-hydrogen) atoms. The first-order valence-corrected chi connectivity index (χ1v) is 6.28. The van der Waals surface area contributed by atoms with Gasteiger partial charge in [0.1, 0.15) is 0 Å². The summed E-state index contributed by atoms with van der Waals surface area (Å²) in [6, 6.07) is 0.462. The zero-order chi connectivity index (χ0) is 10.7. The van der Waals surface area contributed by atoms with E-state index in [1.807, 2.05) is 0 Å². The minimum atomic E-state index is -0.237. The summed E-state index contributed by atoms with van der Waals surface area (Å²) in [5.41, 5.74) is 5.61. The van der Waals surface area contributed by atoms with Crippen molar-refractivity contribution in [1.29, 1.82) is 0 Å². The van der Waals surface area contributed by atoms with Gasteiger partial charge < -0.3 is 11.1 Å². The number of nitrogens with two attached hydrogens (primary N) is 1. The van der Waals surface area contributed by atoms with E-state index < -0.39 is 0 Å². The van der Waals surface area contributed by atoms with Crippen LogP contribution in [0.4, 0.5) is 0 Å². The molecular weight excluding hydrogens is 188 g/mol. The highest BCUT2D eigenvalue weighted by Gasteiger charge is 2.39. The molecular formula is C12H22N2O. The van der Waals surface area contributed by atoms with Crippen LogP contribution in [0.25, 0.3) is 0 Å². The number of hydrogen-bond donors (Lipinski definition) is 2. The van der Waals surface area contributed by atoms with E-state index in [2.05, 4.69) is 5.32 Å². The summed E-state index contributed by atoms with van der Waals surface area (Å²) in [4.78, 5) is 12.2. The lowest BCUT2D eigenvalue weighted by Gasteiger charge is -2.29. The van der Waals surface area contributed by atoms with Crippen LogP contribution in [-0.2, 0) is 4.79 Å². The lowest BCUT2D eigenvalue weighted by atomic mass is 9.79. The Bertz CT molecular complexity index is 228. The van der Waals surface area contributed by atoms with Gasteiger partial charge in [0.15, 0.2) is 0 Å². The van der Waals surface area contributed by atoms with Gasteiger partial charge in [0.05, 0.1) is 5.41 Å². The Morgan fingerprint density at radius 3 is 2.27 bits per heavy atom. The number of amides is 1. The summed E-state index contributed by atoms with van der Waals surface area (Å²) in [5.74, 6) is 0.231. The van der Waals surface area contributed by atoms with E-state index >= 15 is 0 Å². The summed E-state index contributed by atoms with van der Waals surface area (Å²) in [6.45, 7) is 0.519. The van der Waals surface area contributed by atoms with E-state index in [-0.39, 0.29) is 11.3 Å². The highest BCUT2D eigenvalue weighted by Crippen LogP contribution is 2.35. The van der Waals surface area contributed by atoms with Crippen molar-refractivity contribution < 1.29 is 4.79 Å². The van der Waals surface area contributed by atoms with Crippen LogP contribution in [0.3, 0.4) is 0 Å². The molecule has 0 unspecified atom stereocenters. The molecule has 3 heteroatoms. The Morgan fingerprint density at radius 2 is 1.80 bits per heavy atom. The number of nitrogens with one attached hydrogen (secondary N) is 1. The minimum Gasteiger partial charge on any atom is -0.353 e. The quantitative estimate of drug-likeness (QED) is 0.695. The first kappa shape index (κ1) is 10.9. The third-order valence-corrected chi connectivity index (χ3v) is 3.85. The lowest BCUT2D eigenvalue weighted by molar-refractivity contribution is -0.131. The van der Waals surface area contributed by atoms with Gasteiger partial charge in [-0.15, -0.1) is 0 Å².